The summed E-state index contributed by atoms with van der Waals surface area (Å²) in [6.07, 6.45) is -0.619. The molecular formula is C18H24N2O5. The summed E-state index contributed by atoms with van der Waals surface area (Å²) < 4.78 is 16.2. The lowest BCUT2D eigenvalue weighted by atomic mass is 9.96. The molecule has 2 aromatic carbocycles. The Morgan fingerprint density at radius 3 is 2.20 bits per heavy atom. The Morgan fingerprint density at radius 1 is 0.960 bits per heavy atom. The van der Waals surface area contributed by atoms with Gasteiger partial charge in [-0.25, -0.2) is 0 Å². The number of anilines is 2. The van der Waals surface area contributed by atoms with E-state index in [1.165, 1.54) is 14.2 Å². The van der Waals surface area contributed by atoms with E-state index < -0.39 is 6.10 Å². The first-order valence-electron chi connectivity index (χ1n) is 7.72. The summed E-state index contributed by atoms with van der Waals surface area (Å²) in [5.41, 5.74) is 15.1. The summed E-state index contributed by atoms with van der Waals surface area (Å²) in [6.45, 7) is -0.334. The number of rotatable bonds is 7. The van der Waals surface area contributed by atoms with Gasteiger partial charge in [-0.15, -0.1) is 0 Å². The molecule has 2 rings (SSSR count). The zero-order valence-corrected chi connectivity index (χ0v) is 14.6. The third kappa shape index (κ3) is 3.72. The van der Waals surface area contributed by atoms with E-state index >= 15 is 0 Å². The molecule has 25 heavy (non-hydrogen) atoms. The van der Waals surface area contributed by atoms with Crippen molar-refractivity contribution in [2.24, 2.45) is 0 Å². The van der Waals surface area contributed by atoms with E-state index in [0.717, 1.165) is 5.56 Å². The lowest BCUT2D eigenvalue weighted by molar-refractivity contribution is 0.0955. The predicted octanol–water partition coefficient (Wildman–Crippen LogP) is 1.44. The van der Waals surface area contributed by atoms with Gasteiger partial charge in [0.15, 0.2) is 11.5 Å². The topological polar surface area (TPSA) is 120 Å². The van der Waals surface area contributed by atoms with E-state index in [-0.39, 0.29) is 13.0 Å². The molecule has 0 aliphatic heterocycles. The van der Waals surface area contributed by atoms with Crippen molar-refractivity contribution < 1.29 is 24.4 Å². The molecule has 2 aromatic rings. The van der Waals surface area contributed by atoms with Crippen LogP contribution < -0.4 is 25.7 Å². The minimum atomic E-state index is -0.872. The highest BCUT2D eigenvalue weighted by Gasteiger charge is 2.20. The molecule has 136 valence electrons. The highest BCUT2D eigenvalue weighted by molar-refractivity contribution is 5.89. The van der Waals surface area contributed by atoms with E-state index in [4.69, 9.17) is 30.8 Å². The zero-order chi connectivity index (χ0) is 18.6. The van der Waals surface area contributed by atoms with Gasteiger partial charge in [0.1, 0.15) is 0 Å². The second kappa shape index (κ2) is 7.96. The average Bonchev–Trinajstić information content (AvgIpc) is 2.62. The minimum Gasteiger partial charge on any atom is -0.493 e. The number of aliphatic hydroxyl groups excluding tert-OH is 2. The first kappa shape index (κ1) is 18.7. The van der Waals surface area contributed by atoms with Crippen LogP contribution in [0.4, 0.5) is 11.4 Å². The lowest BCUT2D eigenvalue weighted by Gasteiger charge is -2.18. The largest absolute Gasteiger partial charge is 0.493 e. The van der Waals surface area contributed by atoms with E-state index in [0.29, 0.717) is 39.8 Å². The van der Waals surface area contributed by atoms with Gasteiger partial charge < -0.3 is 35.9 Å². The summed E-state index contributed by atoms with van der Waals surface area (Å²) in [6, 6.07) is 7.05. The van der Waals surface area contributed by atoms with Gasteiger partial charge in [-0.1, -0.05) is 0 Å². The maximum atomic E-state index is 9.70. The predicted molar refractivity (Wildman–Crippen MR) is 97.2 cm³/mol. The third-order valence-corrected chi connectivity index (χ3v) is 3.95. The van der Waals surface area contributed by atoms with Crippen LogP contribution in [0.1, 0.15) is 5.56 Å². The molecule has 0 bridgehead atoms. The van der Waals surface area contributed by atoms with Crippen molar-refractivity contribution in [3.05, 3.63) is 29.8 Å². The molecule has 1 atom stereocenters. The number of hydrogen-bond acceptors (Lipinski definition) is 7. The van der Waals surface area contributed by atoms with Crippen molar-refractivity contribution in [2.45, 2.75) is 12.5 Å². The first-order chi connectivity index (χ1) is 12.0. The van der Waals surface area contributed by atoms with Gasteiger partial charge in [0.25, 0.3) is 0 Å². The maximum absolute atomic E-state index is 9.70. The second-order valence-corrected chi connectivity index (χ2v) is 5.57. The van der Waals surface area contributed by atoms with Crippen molar-refractivity contribution in [1.82, 2.24) is 0 Å². The molecule has 0 saturated heterocycles. The maximum Gasteiger partial charge on any atom is 0.203 e. The Morgan fingerprint density at radius 2 is 1.64 bits per heavy atom. The number of benzene rings is 2. The smallest absolute Gasteiger partial charge is 0.203 e. The van der Waals surface area contributed by atoms with Crippen LogP contribution in [0, 0.1) is 0 Å². The normalized spacial score (nSPS) is 11.9. The van der Waals surface area contributed by atoms with E-state index in [2.05, 4.69) is 0 Å². The zero-order valence-electron chi connectivity index (χ0n) is 14.6. The van der Waals surface area contributed by atoms with E-state index in [1.807, 2.05) is 6.07 Å². The molecule has 7 nitrogen and oxygen atoms in total. The molecule has 0 fully saturated rings. The minimum absolute atomic E-state index is 0.254. The third-order valence-electron chi connectivity index (χ3n) is 3.95. The molecule has 0 aliphatic carbocycles. The van der Waals surface area contributed by atoms with Gasteiger partial charge in [0.05, 0.1) is 45.4 Å². The SMILES string of the molecule is COc1ccc(-c2cc(CC(O)CO)cc(N)c2N)c(OC)c1OC. The van der Waals surface area contributed by atoms with Crippen molar-refractivity contribution in [3.63, 3.8) is 0 Å². The molecule has 6 N–H and O–H groups in total. The van der Waals surface area contributed by atoms with Gasteiger partial charge in [0.2, 0.25) is 5.75 Å². The Kier molecular flexibility index (Phi) is 5.95. The highest BCUT2D eigenvalue weighted by Crippen LogP contribution is 2.46. The molecule has 0 saturated carbocycles. The summed E-state index contributed by atoms with van der Waals surface area (Å²) in [4.78, 5) is 0. The standard InChI is InChI=1S/C18H24N2O5/c1-23-15-5-4-12(17(24-2)18(15)25-3)13-7-10(6-11(22)9-21)8-14(19)16(13)20/h4-5,7-8,11,21-22H,6,9,19-20H2,1-3H3. The average molecular weight is 348 g/mol. The first-order valence-corrected chi connectivity index (χ1v) is 7.72. The molecular weight excluding hydrogens is 324 g/mol. The molecule has 7 heteroatoms. The Balaban J connectivity index is 2.65. The van der Waals surface area contributed by atoms with Crippen molar-refractivity contribution in [1.29, 1.82) is 0 Å². The summed E-state index contributed by atoms with van der Waals surface area (Å²) in [7, 11) is 4.59. The summed E-state index contributed by atoms with van der Waals surface area (Å²) in [5, 5.41) is 18.8. The van der Waals surface area contributed by atoms with E-state index in [1.54, 1.807) is 25.3 Å². The quantitative estimate of drug-likeness (QED) is 0.559. The fourth-order valence-electron chi connectivity index (χ4n) is 2.73. The van der Waals surface area contributed by atoms with Crippen LogP contribution in [-0.2, 0) is 6.42 Å². The van der Waals surface area contributed by atoms with Crippen LogP contribution in [0.3, 0.4) is 0 Å². The van der Waals surface area contributed by atoms with Crippen LogP contribution in [0.15, 0.2) is 24.3 Å². The molecule has 0 aliphatic rings. The number of hydrogen-bond donors (Lipinski definition) is 4. The fourth-order valence-corrected chi connectivity index (χ4v) is 2.73. The number of methoxy groups -OCH3 is 3. The van der Waals surface area contributed by atoms with Crippen molar-refractivity contribution in [3.8, 4) is 28.4 Å². The van der Waals surface area contributed by atoms with Crippen LogP contribution in [0.25, 0.3) is 11.1 Å². The Labute approximate surface area is 146 Å². The van der Waals surface area contributed by atoms with Gasteiger partial charge in [-0.05, 0) is 29.8 Å². The number of ether oxygens (including phenoxy) is 3. The van der Waals surface area contributed by atoms with Crippen molar-refractivity contribution >= 4 is 11.4 Å². The molecule has 0 radical (unpaired) electrons. The second-order valence-electron chi connectivity index (χ2n) is 5.57. The molecule has 0 spiro atoms. The summed E-state index contributed by atoms with van der Waals surface area (Å²) in [5.74, 6) is 1.44. The Bertz CT molecular complexity index is 749. The molecule has 0 heterocycles. The summed E-state index contributed by atoms with van der Waals surface area (Å²) >= 11 is 0. The van der Waals surface area contributed by atoms with Gasteiger partial charge in [0, 0.05) is 17.5 Å². The van der Waals surface area contributed by atoms with Crippen LogP contribution in [0.2, 0.25) is 0 Å². The van der Waals surface area contributed by atoms with E-state index in [9.17, 15) is 5.11 Å². The van der Waals surface area contributed by atoms with Crippen molar-refractivity contribution in [2.75, 3.05) is 39.4 Å². The Hall–Kier alpha value is -2.64. The number of nitrogens with two attached hydrogens (primary N) is 2. The van der Waals surface area contributed by atoms with Gasteiger partial charge in [-0.3, -0.25) is 0 Å². The molecule has 1 unspecified atom stereocenters. The van der Waals surface area contributed by atoms with Gasteiger partial charge in [-0.2, -0.15) is 0 Å². The monoisotopic (exact) mass is 348 g/mol. The van der Waals surface area contributed by atoms with Gasteiger partial charge >= 0.3 is 0 Å². The van der Waals surface area contributed by atoms with Crippen LogP contribution in [0.5, 0.6) is 17.2 Å². The van der Waals surface area contributed by atoms with Crippen LogP contribution in [-0.4, -0.2) is 44.3 Å². The fraction of sp³-hybridized carbons (Fsp3) is 0.333. The molecule has 0 amide bonds. The highest BCUT2D eigenvalue weighted by atomic mass is 16.5. The molecule has 0 aromatic heterocycles. The lowest BCUT2D eigenvalue weighted by Crippen LogP contribution is -2.15. The number of aliphatic hydroxyl groups is 2. The van der Waals surface area contributed by atoms with Crippen LogP contribution >= 0.6 is 0 Å². The number of nitrogen functional groups attached to an aromatic ring is 2.